The Hall–Kier alpha value is -1.88. The Balaban J connectivity index is 2.17. The van der Waals surface area contributed by atoms with E-state index in [1.165, 1.54) is 0 Å². The number of amides is 1. The third kappa shape index (κ3) is 3.42. The molecular formula is C16H22N2O3. The molecule has 1 aliphatic heterocycles. The molecule has 1 amide bonds. The van der Waals surface area contributed by atoms with Gasteiger partial charge in [0.25, 0.3) is 0 Å². The fourth-order valence-electron chi connectivity index (χ4n) is 2.96. The average Bonchev–Trinajstić information content (AvgIpc) is 2.95. The maximum absolute atomic E-state index is 12.6. The number of hydrogen-bond acceptors (Lipinski definition) is 3. The number of carboxylic acids is 1. The van der Waals surface area contributed by atoms with Crippen molar-refractivity contribution in [2.24, 2.45) is 5.41 Å². The Kier molecular flexibility index (Phi) is 4.96. The predicted octanol–water partition coefficient (Wildman–Crippen LogP) is 1.71. The second-order valence-electron chi connectivity index (χ2n) is 5.61. The van der Waals surface area contributed by atoms with Crippen LogP contribution in [0.1, 0.15) is 37.8 Å². The minimum Gasteiger partial charge on any atom is -0.479 e. The molecule has 0 radical (unpaired) electrons. The molecule has 1 saturated heterocycles. The number of benzene rings is 1. The summed E-state index contributed by atoms with van der Waals surface area (Å²) in [5.41, 5.74) is 0.119. The smallest absolute Gasteiger partial charge is 0.330 e. The molecule has 0 spiro atoms. The molecule has 0 aromatic heterocycles. The minimum atomic E-state index is -1.04. The van der Waals surface area contributed by atoms with E-state index < -0.39 is 17.4 Å². The first-order valence-electron chi connectivity index (χ1n) is 7.38. The van der Waals surface area contributed by atoms with Gasteiger partial charge in [0.05, 0.1) is 5.41 Å². The van der Waals surface area contributed by atoms with E-state index in [9.17, 15) is 14.7 Å². The zero-order chi connectivity index (χ0) is 15.3. The lowest BCUT2D eigenvalue weighted by atomic mass is 9.81. The van der Waals surface area contributed by atoms with Crippen molar-refractivity contribution < 1.29 is 14.7 Å². The Morgan fingerprint density at radius 3 is 2.62 bits per heavy atom. The van der Waals surface area contributed by atoms with Crippen LogP contribution >= 0.6 is 0 Å². The zero-order valence-corrected chi connectivity index (χ0v) is 12.3. The van der Waals surface area contributed by atoms with Gasteiger partial charge in [-0.25, -0.2) is 4.79 Å². The molecule has 1 unspecified atom stereocenters. The van der Waals surface area contributed by atoms with Crippen LogP contribution < -0.4 is 10.6 Å². The fourth-order valence-corrected chi connectivity index (χ4v) is 2.96. The minimum absolute atomic E-state index is 0.161. The molecule has 5 heteroatoms. The number of carboxylic acid groups (broad SMARTS) is 1. The van der Waals surface area contributed by atoms with Crippen LogP contribution in [0.4, 0.5) is 0 Å². The van der Waals surface area contributed by atoms with Gasteiger partial charge < -0.3 is 15.7 Å². The van der Waals surface area contributed by atoms with Crippen LogP contribution in [0, 0.1) is 5.41 Å². The predicted molar refractivity (Wildman–Crippen MR) is 79.8 cm³/mol. The van der Waals surface area contributed by atoms with E-state index >= 15 is 0 Å². The SMILES string of the molecule is CCCC1(C(=O)N[C@@H](C(=O)O)c2ccccc2)CCNC1. The third-order valence-electron chi connectivity index (χ3n) is 4.11. The summed E-state index contributed by atoms with van der Waals surface area (Å²) in [5.74, 6) is -1.20. The van der Waals surface area contributed by atoms with Crippen molar-refractivity contribution in [2.45, 2.75) is 32.2 Å². The van der Waals surface area contributed by atoms with Crippen molar-refractivity contribution in [3.05, 3.63) is 35.9 Å². The second-order valence-corrected chi connectivity index (χ2v) is 5.61. The number of nitrogens with one attached hydrogen (secondary N) is 2. The molecule has 2 rings (SSSR count). The van der Waals surface area contributed by atoms with Crippen molar-refractivity contribution in [3.63, 3.8) is 0 Å². The van der Waals surface area contributed by atoms with Gasteiger partial charge >= 0.3 is 5.97 Å². The van der Waals surface area contributed by atoms with E-state index in [2.05, 4.69) is 10.6 Å². The molecule has 1 aliphatic rings. The highest BCUT2D eigenvalue weighted by Crippen LogP contribution is 2.32. The van der Waals surface area contributed by atoms with Crippen molar-refractivity contribution in [1.82, 2.24) is 10.6 Å². The summed E-state index contributed by atoms with van der Waals surface area (Å²) < 4.78 is 0. The van der Waals surface area contributed by atoms with E-state index in [1.54, 1.807) is 24.3 Å². The number of carbonyl (C=O) groups excluding carboxylic acids is 1. The van der Waals surface area contributed by atoms with Gasteiger partial charge in [0.15, 0.2) is 6.04 Å². The summed E-state index contributed by atoms with van der Waals surface area (Å²) in [5, 5.41) is 15.3. The molecular weight excluding hydrogens is 268 g/mol. The first-order valence-corrected chi connectivity index (χ1v) is 7.38. The summed E-state index contributed by atoms with van der Waals surface area (Å²) >= 11 is 0. The fraction of sp³-hybridized carbons (Fsp3) is 0.500. The van der Waals surface area contributed by atoms with Crippen molar-refractivity contribution in [3.8, 4) is 0 Å². The molecule has 21 heavy (non-hydrogen) atoms. The van der Waals surface area contributed by atoms with Crippen LogP contribution in [0.5, 0.6) is 0 Å². The molecule has 1 aromatic carbocycles. The maximum atomic E-state index is 12.6. The largest absolute Gasteiger partial charge is 0.479 e. The maximum Gasteiger partial charge on any atom is 0.330 e. The normalized spacial score (nSPS) is 22.7. The lowest BCUT2D eigenvalue weighted by Crippen LogP contribution is -2.45. The molecule has 1 heterocycles. The molecule has 2 atom stereocenters. The summed E-state index contributed by atoms with van der Waals surface area (Å²) in [6.07, 6.45) is 2.43. The van der Waals surface area contributed by atoms with Gasteiger partial charge in [0.1, 0.15) is 0 Å². The van der Waals surface area contributed by atoms with E-state index in [0.29, 0.717) is 12.1 Å². The van der Waals surface area contributed by atoms with Crippen molar-refractivity contribution in [2.75, 3.05) is 13.1 Å². The zero-order valence-electron chi connectivity index (χ0n) is 12.3. The number of aliphatic carboxylic acids is 1. The Morgan fingerprint density at radius 2 is 2.10 bits per heavy atom. The van der Waals surface area contributed by atoms with Crippen LogP contribution in [-0.4, -0.2) is 30.1 Å². The first kappa shape index (κ1) is 15.5. The highest BCUT2D eigenvalue weighted by atomic mass is 16.4. The van der Waals surface area contributed by atoms with Gasteiger partial charge in [-0.2, -0.15) is 0 Å². The number of rotatable bonds is 6. The Morgan fingerprint density at radius 1 is 1.38 bits per heavy atom. The number of carbonyl (C=O) groups is 2. The highest BCUT2D eigenvalue weighted by Gasteiger charge is 2.41. The Labute approximate surface area is 124 Å². The van der Waals surface area contributed by atoms with Crippen LogP contribution in [0.15, 0.2) is 30.3 Å². The third-order valence-corrected chi connectivity index (χ3v) is 4.11. The van der Waals surface area contributed by atoms with Gasteiger partial charge in [-0.15, -0.1) is 0 Å². The molecule has 1 fully saturated rings. The monoisotopic (exact) mass is 290 g/mol. The van der Waals surface area contributed by atoms with Gasteiger partial charge in [-0.1, -0.05) is 43.7 Å². The van der Waals surface area contributed by atoms with Crippen molar-refractivity contribution >= 4 is 11.9 Å². The van der Waals surface area contributed by atoms with E-state index in [-0.39, 0.29) is 5.91 Å². The van der Waals surface area contributed by atoms with E-state index in [4.69, 9.17) is 0 Å². The molecule has 0 bridgehead atoms. The summed E-state index contributed by atoms with van der Waals surface area (Å²) in [7, 11) is 0. The summed E-state index contributed by atoms with van der Waals surface area (Å²) in [4.78, 5) is 24.1. The van der Waals surface area contributed by atoms with Crippen LogP contribution in [-0.2, 0) is 9.59 Å². The first-order chi connectivity index (χ1) is 10.1. The molecule has 0 aliphatic carbocycles. The Bertz CT molecular complexity index is 496. The second kappa shape index (κ2) is 6.72. The molecule has 0 saturated carbocycles. The van der Waals surface area contributed by atoms with Crippen molar-refractivity contribution in [1.29, 1.82) is 0 Å². The average molecular weight is 290 g/mol. The van der Waals surface area contributed by atoms with E-state index in [0.717, 1.165) is 25.8 Å². The summed E-state index contributed by atoms with van der Waals surface area (Å²) in [6.45, 7) is 3.46. The van der Waals surface area contributed by atoms with Gasteiger partial charge in [-0.05, 0) is 24.9 Å². The summed E-state index contributed by atoms with van der Waals surface area (Å²) in [6, 6.07) is 7.82. The van der Waals surface area contributed by atoms with Crippen LogP contribution in [0.3, 0.4) is 0 Å². The molecule has 3 N–H and O–H groups in total. The highest BCUT2D eigenvalue weighted by molar-refractivity contribution is 5.88. The quantitative estimate of drug-likeness (QED) is 0.745. The standard InChI is InChI=1S/C16H22N2O3/c1-2-8-16(9-10-17-11-16)15(21)18-13(14(19)20)12-6-4-3-5-7-12/h3-7,13,17H,2,8-11H2,1H3,(H,18,21)(H,19,20)/t13-,16?/m1/s1. The van der Waals surface area contributed by atoms with Gasteiger partial charge in [0.2, 0.25) is 5.91 Å². The van der Waals surface area contributed by atoms with Crippen LogP contribution in [0.25, 0.3) is 0 Å². The number of hydrogen-bond donors (Lipinski definition) is 3. The molecule has 5 nitrogen and oxygen atoms in total. The van der Waals surface area contributed by atoms with Crippen LogP contribution in [0.2, 0.25) is 0 Å². The lowest BCUT2D eigenvalue weighted by Gasteiger charge is -2.28. The van der Waals surface area contributed by atoms with Gasteiger partial charge in [-0.3, -0.25) is 4.79 Å². The molecule has 1 aromatic rings. The topological polar surface area (TPSA) is 78.4 Å². The lowest BCUT2D eigenvalue weighted by molar-refractivity contribution is -0.144. The van der Waals surface area contributed by atoms with Gasteiger partial charge in [0, 0.05) is 6.54 Å². The van der Waals surface area contributed by atoms with E-state index in [1.807, 2.05) is 13.0 Å². The molecule has 114 valence electrons.